The lowest BCUT2D eigenvalue weighted by Crippen LogP contribution is -2.13. The van der Waals surface area contributed by atoms with Crippen LogP contribution < -0.4 is 5.32 Å². The SMILES string of the molecule is N#C/C(=C\c1ccsc1)C(=O)Nc1ncc(Cc2cc(Cl)ccc2Cl)s1. The lowest BCUT2D eigenvalue weighted by molar-refractivity contribution is -0.112. The highest BCUT2D eigenvalue weighted by Gasteiger charge is 2.13. The van der Waals surface area contributed by atoms with Gasteiger partial charge in [0.05, 0.1) is 0 Å². The van der Waals surface area contributed by atoms with Gasteiger partial charge in [-0.25, -0.2) is 4.98 Å². The maximum absolute atomic E-state index is 12.3. The van der Waals surface area contributed by atoms with Gasteiger partial charge in [-0.2, -0.15) is 16.6 Å². The number of aromatic nitrogens is 1. The van der Waals surface area contributed by atoms with Crippen LogP contribution in [0.25, 0.3) is 6.08 Å². The summed E-state index contributed by atoms with van der Waals surface area (Å²) in [7, 11) is 0. The Morgan fingerprint density at radius 1 is 1.35 bits per heavy atom. The molecule has 26 heavy (non-hydrogen) atoms. The van der Waals surface area contributed by atoms with Crippen LogP contribution in [0.2, 0.25) is 10.0 Å². The van der Waals surface area contributed by atoms with Gasteiger partial charge in [-0.15, -0.1) is 11.3 Å². The highest BCUT2D eigenvalue weighted by atomic mass is 35.5. The van der Waals surface area contributed by atoms with Crippen molar-refractivity contribution >= 4 is 63.0 Å². The normalized spacial score (nSPS) is 11.2. The minimum absolute atomic E-state index is 0.0260. The van der Waals surface area contributed by atoms with Crippen molar-refractivity contribution in [1.82, 2.24) is 4.98 Å². The Hall–Kier alpha value is -2.17. The van der Waals surface area contributed by atoms with E-state index in [2.05, 4.69) is 10.3 Å². The van der Waals surface area contributed by atoms with Crippen molar-refractivity contribution in [2.24, 2.45) is 0 Å². The van der Waals surface area contributed by atoms with Crippen molar-refractivity contribution in [3.05, 3.63) is 72.8 Å². The minimum Gasteiger partial charge on any atom is -0.297 e. The third-order valence-electron chi connectivity index (χ3n) is 3.37. The molecule has 0 bridgehead atoms. The largest absolute Gasteiger partial charge is 0.297 e. The second-order valence-corrected chi connectivity index (χ2v) is 7.96. The van der Waals surface area contributed by atoms with Gasteiger partial charge in [0.1, 0.15) is 11.6 Å². The van der Waals surface area contributed by atoms with Crippen LogP contribution in [-0.2, 0) is 11.2 Å². The van der Waals surface area contributed by atoms with E-state index >= 15 is 0 Å². The van der Waals surface area contributed by atoms with Gasteiger partial charge in [0.15, 0.2) is 5.13 Å². The number of rotatable bonds is 5. The van der Waals surface area contributed by atoms with Gasteiger partial charge in [0.2, 0.25) is 0 Å². The van der Waals surface area contributed by atoms with E-state index in [1.54, 1.807) is 30.5 Å². The summed E-state index contributed by atoms with van der Waals surface area (Å²) in [6.07, 6.45) is 3.78. The summed E-state index contributed by atoms with van der Waals surface area (Å²) in [6.45, 7) is 0. The molecule has 2 heterocycles. The molecule has 0 aliphatic rings. The maximum atomic E-state index is 12.3. The van der Waals surface area contributed by atoms with Crippen molar-refractivity contribution in [2.45, 2.75) is 6.42 Å². The lowest BCUT2D eigenvalue weighted by Gasteiger charge is -2.02. The second-order valence-electron chi connectivity index (χ2n) is 5.22. The molecule has 1 aromatic carbocycles. The number of carbonyl (C=O) groups is 1. The number of benzene rings is 1. The van der Waals surface area contributed by atoms with Crippen molar-refractivity contribution in [1.29, 1.82) is 5.26 Å². The summed E-state index contributed by atoms with van der Waals surface area (Å²) in [5.41, 5.74) is 1.73. The van der Waals surface area contributed by atoms with Crippen LogP contribution in [0.5, 0.6) is 0 Å². The summed E-state index contributed by atoms with van der Waals surface area (Å²) >= 11 is 15.0. The molecule has 0 aliphatic heterocycles. The molecule has 0 fully saturated rings. The fourth-order valence-electron chi connectivity index (χ4n) is 2.15. The average Bonchev–Trinajstić information content (AvgIpc) is 3.28. The van der Waals surface area contributed by atoms with E-state index in [-0.39, 0.29) is 5.57 Å². The van der Waals surface area contributed by atoms with Crippen molar-refractivity contribution in [3.63, 3.8) is 0 Å². The number of thiazole rings is 1. The molecule has 3 rings (SSSR count). The van der Waals surface area contributed by atoms with Gasteiger partial charge < -0.3 is 0 Å². The number of thiophene rings is 1. The molecule has 8 heteroatoms. The van der Waals surface area contributed by atoms with E-state index in [1.807, 2.05) is 22.9 Å². The van der Waals surface area contributed by atoms with Gasteiger partial charge in [0.25, 0.3) is 5.91 Å². The monoisotopic (exact) mass is 419 g/mol. The number of hydrogen-bond donors (Lipinski definition) is 1. The zero-order chi connectivity index (χ0) is 18.5. The van der Waals surface area contributed by atoms with Gasteiger partial charge in [-0.05, 0) is 52.2 Å². The van der Waals surface area contributed by atoms with Crippen LogP contribution in [-0.4, -0.2) is 10.9 Å². The van der Waals surface area contributed by atoms with Crippen LogP contribution >= 0.6 is 45.9 Å². The Morgan fingerprint density at radius 3 is 2.92 bits per heavy atom. The van der Waals surface area contributed by atoms with Crippen LogP contribution in [0.4, 0.5) is 5.13 Å². The second kappa shape index (κ2) is 8.47. The Morgan fingerprint density at radius 2 is 2.19 bits per heavy atom. The zero-order valence-electron chi connectivity index (χ0n) is 13.2. The lowest BCUT2D eigenvalue weighted by atomic mass is 10.1. The Kier molecular flexibility index (Phi) is 6.07. The number of halogens is 2. The van der Waals surface area contributed by atoms with Crippen LogP contribution in [0.1, 0.15) is 16.0 Å². The van der Waals surface area contributed by atoms with Gasteiger partial charge >= 0.3 is 0 Å². The predicted octanol–water partition coefficient (Wildman–Crippen LogP) is 5.65. The van der Waals surface area contributed by atoms with Crippen molar-refractivity contribution < 1.29 is 4.79 Å². The summed E-state index contributed by atoms with van der Waals surface area (Å²) in [6, 6.07) is 9.04. The summed E-state index contributed by atoms with van der Waals surface area (Å²) in [4.78, 5) is 17.4. The molecular formula is C18H11Cl2N3OS2. The van der Waals surface area contributed by atoms with E-state index in [1.165, 1.54) is 22.7 Å². The fourth-order valence-corrected chi connectivity index (χ4v) is 3.98. The molecule has 0 unspecified atom stereocenters. The number of nitrogens with one attached hydrogen (secondary N) is 1. The molecule has 0 spiro atoms. The molecule has 0 radical (unpaired) electrons. The summed E-state index contributed by atoms with van der Waals surface area (Å²) in [5.74, 6) is -0.486. The highest BCUT2D eigenvalue weighted by Crippen LogP contribution is 2.27. The molecule has 130 valence electrons. The predicted molar refractivity (Wildman–Crippen MR) is 108 cm³/mol. The Labute approximate surface area is 168 Å². The van der Waals surface area contributed by atoms with Gasteiger partial charge in [0, 0.05) is 27.5 Å². The molecule has 1 N–H and O–H groups in total. The third kappa shape index (κ3) is 4.71. The molecule has 0 saturated carbocycles. The first kappa shape index (κ1) is 18.6. The molecule has 2 aromatic heterocycles. The van der Waals surface area contributed by atoms with E-state index < -0.39 is 5.91 Å². The smallest absolute Gasteiger partial charge is 0.268 e. The molecule has 4 nitrogen and oxygen atoms in total. The average molecular weight is 420 g/mol. The van der Waals surface area contributed by atoms with Crippen LogP contribution in [0.15, 0.2) is 46.8 Å². The van der Waals surface area contributed by atoms with E-state index in [4.69, 9.17) is 23.2 Å². The molecule has 3 aromatic rings. The quantitative estimate of drug-likeness (QED) is 0.429. The van der Waals surface area contributed by atoms with Crippen molar-refractivity contribution in [2.75, 3.05) is 5.32 Å². The number of nitrogens with zero attached hydrogens (tertiary/aromatic N) is 2. The van der Waals surface area contributed by atoms with Crippen LogP contribution in [0, 0.1) is 11.3 Å². The first-order chi connectivity index (χ1) is 12.5. The highest BCUT2D eigenvalue weighted by molar-refractivity contribution is 7.15. The molecular weight excluding hydrogens is 409 g/mol. The topological polar surface area (TPSA) is 65.8 Å². The number of amides is 1. The third-order valence-corrected chi connectivity index (χ3v) is 5.58. The van der Waals surface area contributed by atoms with E-state index in [0.717, 1.165) is 16.0 Å². The zero-order valence-corrected chi connectivity index (χ0v) is 16.3. The van der Waals surface area contributed by atoms with Gasteiger partial charge in [-0.3, -0.25) is 10.1 Å². The number of nitriles is 1. The molecule has 0 atom stereocenters. The van der Waals surface area contributed by atoms with Crippen molar-refractivity contribution in [3.8, 4) is 6.07 Å². The summed E-state index contributed by atoms with van der Waals surface area (Å²) in [5, 5.41) is 17.3. The van der Waals surface area contributed by atoms with Gasteiger partial charge in [-0.1, -0.05) is 23.2 Å². The number of hydrogen-bond acceptors (Lipinski definition) is 5. The molecule has 0 saturated heterocycles. The van der Waals surface area contributed by atoms with E-state index in [0.29, 0.717) is 21.6 Å². The number of anilines is 1. The van der Waals surface area contributed by atoms with E-state index in [9.17, 15) is 10.1 Å². The minimum atomic E-state index is -0.486. The van der Waals surface area contributed by atoms with Crippen LogP contribution in [0.3, 0.4) is 0 Å². The maximum Gasteiger partial charge on any atom is 0.268 e. The summed E-state index contributed by atoms with van der Waals surface area (Å²) < 4.78 is 0. The molecule has 0 aliphatic carbocycles. The number of carbonyl (C=O) groups excluding carboxylic acids is 1. The first-order valence-electron chi connectivity index (χ1n) is 7.39. The standard InChI is InChI=1S/C18H11Cl2N3OS2/c19-14-1-2-16(20)12(6-14)7-15-9-22-18(26-15)23-17(24)13(8-21)5-11-3-4-25-10-11/h1-6,9-10H,7H2,(H,22,23,24)/b13-5+. The Balaban J connectivity index is 1.71. The fraction of sp³-hybridized carbons (Fsp3) is 0.0556. The first-order valence-corrected chi connectivity index (χ1v) is 9.90. The molecule has 1 amide bonds. The Bertz CT molecular complexity index is 1000.